The zero-order valence-electron chi connectivity index (χ0n) is 10.7. The van der Waals surface area contributed by atoms with Crippen molar-refractivity contribution in [2.75, 3.05) is 5.32 Å². The Morgan fingerprint density at radius 3 is 2.67 bits per heavy atom. The Labute approximate surface area is 131 Å². The zero-order valence-corrected chi connectivity index (χ0v) is 12.2. The molecular formula is C15H9Cl2N3O. The summed E-state index contributed by atoms with van der Waals surface area (Å²) >= 11 is 11.8. The number of benzene rings is 2. The normalized spacial score (nSPS) is 15.5. The van der Waals surface area contributed by atoms with Crippen molar-refractivity contribution in [2.24, 2.45) is 10.2 Å². The fourth-order valence-corrected chi connectivity index (χ4v) is 2.25. The maximum Gasteiger partial charge on any atom is 0.276 e. The summed E-state index contributed by atoms with van der Waals surface area (Å²) in [5, 5.41) is 11.6. The van der Waals surface area contributed by atoms with Crippen molar-refractivity contribution < 1.29 is 4.79 Å². The molecule has 0 spiro atoms. The van der Waals surface area contributed by atoms with Gasteiger partial charge in [0.25, 0.3) is 5.91 Å². The highest BCUT2D eigenvalue weighted by Gasteiger charge is 2.25. The van der Waals surface area contributed by atoms with Crippen LogP contribution >= 0.6 is 23.2 Å². The van der Waals surface area contributed by atoms with E-state index in [1.807, 2.05) is 24.3 Å². The largest absolute Gasteiger partial charge is 0.320 e. The summed E-state index contributed by atoms with van der Waals surface area (Å²) in [7, 11) is 0. The molecule has 1 amide bonds. The molecule has 1 aliphatic heterocycles. The topological polar surface area (TPSA) is 53.8 Å². The summed E-state index contributed by atoms with van der Waals surface area (Å²) in [6.07, 6.45) is 1.52. The second-order valence-electron chi connectivity index (χ2n) is 4.37. The fourth-order valence-electron chi connectivity index (χ4n) is 1.95. The third kappa shape index (κ3) is 2.82. The number of carbonyl (C=O) groups is 1. The van der Waals surface area contributed by atoms with E-state index in [-0.39, 0.29) is 5.91 Å². The molecule has 2 aromatic carbocycles. The van der Waals surface area contributed by atoms with E-state index >= 15 is 0 Å². The van der Waals surface area contributed by atoms with Gasteiger partial charge in [0.05, 0.1) is 21.9 Å². The maximum atomic E-state index is 11.8. The average Bonchev–Trinajstić information content (AvgIpc) is 2.79. The Balaban J connectivity index is 1.87. The smallest absolute Gasteiger partial charge is 0.276 e. The molecule has 0 aliphatic carbocycles. The number of halogens is 2. The number of rotatable bonds is 2. The van der Waals surface area contributed by atoms with Crippen LogP contribution in [-0.2, 0) is 4.79 Å². The molecule has 6 heteroatoms. The summed E-state index contributed by atoms with van der Waals surface area (Å²) in [6.45, 7) is 0. The Morgan fingerprint density at radius 2 is 1.86 bits per heavy atom. The minimum Gasteiger partial charge on any atom is -0.320 e. The number of nitrogens with zero attached hydrogens (tertiary/aromatic N) is 2. The van der Waals surface area contributed by atoms with Gasteiger partial charge in [-0.25, -0.2) is 0 Å². The van der Waals surface area contributed by atoms with Crippen LogP contribution in [0.2, 0.25) is 10.0 Å². The third-order valence-corrected chi connectivity index (χ3v) is 3.69. The first-order chi connectivity index (χ1) is 10.1. The van der Waals surface area contributed by atoms with Crippen LogP contribution in [0.1, 0.15) is 11.1 Å². The monoisotopic (exact) mass is 317 g/mol. The molecule has 2 aromatic rings. The van der Waals surface area contributed by atoms with Crippen molar-refractivity contribution in [3.05, 3.63) is 63.6 Å². The van der Waals surface area contributed by atoms with E-state index in [1.54, 1.807) is 18.2 Å². The first-order valence-corrected chi connectivity index (χ1v) is 6.87. The van der Waals surface area contributed by atoms with Crippen LogP contribution in [0.5, 0.6) is 0 Å². The van der Waals surface area contributed by atoms with E-state index in [0.29, 0.717) is 15.8 Å². The molecule has 0 radical (unpaired) electrons. The van der Waals surface area contributed by atoms with Gasteiger partial charge < -0.3 is 5.32 Å². The standard InChI is InChI=1S/C15H9Cl2N3O/c16-11-6-5-9(7-12(11)17)8-18-20-14-10-3-1-2-4-13(10)19-15(14)21/h1-8H,(H,19,20,21)/b18-8+. The lowest BCUT2D eigenvalue weighted by Gasteiger charge is -1.96. The van der Waals surface area contributed by atoms with E-state index < -0.39 is 0 Å². The number of hydrogen-bond acceptors (Lipinski definition) is 3. The van der Waals surface area contributed by atoms with E-state index in [2.05, 4.69) is 15.5 Å². The zero-order chi connectivity index (χ0) is 14.8. The van der Waals surface area contributed by atoms with Gasteiger partial charge in [0, 0.05) is 5.56 Å². The van der Waals surface area contributed by atoms with Gasteiger partial charge in [-0.1, -0.05) is 47.5 Å². The minimum absolute atomic E-state index is 0.262. The van der Waals surface area contributed by atoms with Gasteiger partial charge >= 0.3 is 0 Å². The lowest BCUT2D eigenvalue weighted by Crippen LogP contribution is -2.13. The maximum absolute atomic E-state index is 11.8. The number of fused-ring (bicyclic) bond motifs is 1. The number of nitrogens with one attached hydrogen (secondary N) is 1. The van der Waals surface area contributed by atoms with E-state index in [1.165, 1.54) is 6.21 Å². The molecule has 0 unspecified atom stereocenters. The van der Waals surface area contributed by atoms with Gasteiger partial charge in [0.2, 0.25) is 0 Å². The molecule has 0 aromatic heterocycles. The average molecular weight is 318 g/mol. The minimum atomic E-state index is -0.262. The lowest BCUT2D eigenvalue weighted by atomic mass is 10.1. The summed E-state index contributed by atoms with van der Waals surface area (Å²) < 4.78 is 0. The molecule has 104 valence electrons. The number of carbonyl (C=O) groups excluding carboxylic acids is 1. The quantitative estimate of drug-likeness (QED) is 0.665. The summed E-state index contributed by atoms with van der Waals surface area (Å²) in [6, 6.07) is 12.4. The lowest BCUT2D eigenvalue weighted by molar-refractivity contribution is -0.110. The van der Waals surface area contributed by atoms with Crippen LogP contribution in [0.15, 0.2) is 52.7 Å². The van der Waals surface area contributed by atoms with Gasteiger partial charge in [-0.15, -0.1) is 5.10 Å². The highest BCUT2D eigenvalue weighted by Crippen LogP contribution is 2.23. The molecule has 0 atom stereocenters. The van der Waals surface area contributed by atoms with Crippen molar-refractivity contribution in [1.29, 1.82) is 0 Å². The van der Waals surface area contributed by atoms with Crippen LogP contribution < -0.4 is 5.32 Å². The number of anilines is 1. The van der Waals surface area contributed by atoms with Crippen molar-refractivity contribution in [3.8, 4) is 0 Å². The molecule has 1 heterocycles. The van der Waals surface area contributed by atoms with E-state index in [4.69, 9.17) is 23.2 Å². The molecule has 3 rings (SSSR count). The Hall–Kier alpha value is -2.17. The van der Waals surface area contributed by atoms with E-state index in [9.17, 15) is 4.79 Å². The molecule has 1 aliphatic rings. The van der Waals surface area contributed by atoms with Crippen LogP contribution in [0.25, 0.3) is 0 Å². The van der Waals surface area contributed by atoms with Crippen LogP contribution in [0.3, 0.4) is 0 Å². The molecule has 0 saturated heterocycles. The van der Waals surface area contributed by atoms with Crippen molar-refractivity contribution >= 4 is 46.7 Å². The van der Waals surface area contributed by atoms with Crippen LogP contribution in [0, 0.1) is 0 Å². The molecule has 0 bridgehead atoms. The van der Waals surface area contributed by atoms with Gasteiger partial charge in [-0.3, -0.25) is 4.79 Å². The predicted molar refractivity (Wildman–Crippen MR) is 85.7 cm³/mol. The summed E-state index contributed by atoms with van der Waals surface area (Å²) in [4.78, 5) is 11.8. The SMILES string of the molecule is O=C1Nc2ccccc2/C1=N/N=C/c1ccc(Cl)c(Cl)c1. The highest BCUT2D eigenvalue weighted by molar-refractivity contribution is 6.53. The van der Waals surface area contributed by atoms with E-state index in [0.717, 1.165) is 16.8 Å². The number of para-hydroxylation sites is 1. The molecule has 0 saturated carbocycles. The number of amides is 1. The molecule has 1 N–H and O–H groups in total. The Bertz CT molecular complexity index is 784. The molecule has 4 nitrogen and oxygen atoms in total. The molecular weight excluding hydrogens is 309 g/mol. The van der Waals surface area contributed by atoms with Gasteiger partial charge in [-0.05, 0) is 23.8 Å². The second kappa shape index (κ2) is 5.68. The van der Waals surface area contributed by atoms with Crippen molar-refractivity contribution in [3.63, 3.8) is 0 Å². The first-order valence-electron chi connectivity index (χ1n) is 6.12. The third-order valence-electron chi connectivity index (χ3n) is 2.95. The fraction of sp³-hybridized carbons (Fsp3) is 0. The van der Waals surface area contributed by atoms with Gasteiger partial charge in [0.1, 0.15) is 0 Å². The van der Waals surface area contributed by atoms with Crippen molar-refractivity contribution in [1.82, 2.24) is 0 Å². The van der Waals surface area contributed by atoms with Crippen LogP contribution in [0.4, 0.5) is 5.69 Å². The molecule has 21 heavy (non-hydrogen) atoms. The van der Waals surface area contributed by atoms with Crippen LogP contribution in [-0.4, -0.2) is 17.8 Å². The van der Waals surface area contributed by atoms with Gasteiger partial charge in [0.15, 0.2) is 5.71 Å². The Kier molecular flexibility index (Phi) is 3.73. The predicted octanol–water partition coefficient (Wildman–Crippen LogP) is 3.77. The highest BCUT2D eigenvalue weighted by atomic mass is 35.5. The molecule has 0 fully saturated rings. The van der Waals surface area contributed by atoms with Crippen molar-refractivity contribution in [2.45, 2.75) is 0 Å². The first kappa shape index (κ1) is 13.8. The number of hydrogen-bond donors (Lipinski definition) is 1. The van der Waals surface area contributed by atoms with Gasteiger partial charge in [-0.2, -0.15) is 5.10 Å². The second-order valence-corrected chi connectivity index (χ2v) is 5.18. The Morgan fingerprint density at radius 1 is 1.05 bits per heavy atom. The summed E-state index contributed by atoms with van der Waals surface area (Å²) in [5.74, 6) is -0.262. The summed E-state index contributed by atoms with van der Waals surface area (Å²) in [5.41, 5.74) is 2.53.